The fraction of sp³-hybridized carbons (Fsp3) is 0.909. The SMILES string of the molecule is CC(C)C(N)C(=O)NCC1CCCOC1.Cl. The zero-order chi connectivity index (χ0) is 11.3. The molecule has 0 saturated carbocycles. The van der Waals surface area contributed by atoms with E-state index >= 15 is 0 Å². The van der Waals surface area contributed by atoms with Gasteiger partial charge in [0.2, 0.25) is 5.91 Å². The maximum absolute atomic E-state index is 11.6. The minimum atomic E-state index is -0.394. The smallest absolute Gasteiger partial charge is 0.237 e. The molecule has 2 unspecified atom stereocenters. The molecule has 0 bridgehead atoms. The highest BCUT2D eigenvalue weighted by Crippen LogP contribution is 2.12. The normalized spacial score (nSPS) is 22.4. The van der Waals surface area contributed by atoms with Gasteiger partial charge in [0.15, 0.2) is 0 Å². The third kappa shape index (κ3) is 5.14. The van der Waals surface area contributed by atoms with Crippen molar-refractivity contribution >= 4 is 18.3 Å². The van der Waals surface area contributed by atoms with Crippen molar-refractivity contribution in [1.82, 2.24) is 5.32 Å². The number of carbonyl (C=O) groups is 1. The van der Waals surface area contributed by atoms with E-state index in [1.165, 1.54) is 0 Å². The van der Waals surface area contributed by atoms with Crippen LogP contribution in [-0.2, 0) is 9.53 Å². The lowest BCUT2D eigenvalue weighted by Crippen LogP contribution is -2.46. The molecule has 1 fully saturated rings. The molecule has 1 amide bonds. The van der Waals surface area contributed by atoms with Crippen molar-refractivity contribution in [1.29, 1.82) is 0 Å². The molecular weight excluding hydrogens is 228 g/mol. The molecule has 0 aromatic carbocycles. The van der Waals surface area contributed by atoms with Crippen LogP contribution in [-0.4, -0.2) is 31.7 Å². The summed E-state index contributed by atoms with van der Waals surface area (Å²) in [6.07, 6.45) is 2.23. The van der Waals surface area contributed by atoms with Gasteiger partial charge in [0.25, 0.3) is 0 Å². The van der Waals surface area contributed by atoms with E-state index in [4.69, 9.17) is 10.5 Å². The minimum Gasteiger partial charge on any atom is -0.381 e. The molecule has 0 aromatic rings. The maximum Gasteiger partial charge on any atom is 0.237 e. The van der Waals surface area contributed by atoms with Gasteiger partial charge in [-0.15, -0.1) is 12.4 Å². The van der Waals surface area contributed by atoms with Crippen molar-refractivity contribution in [3.63, 3.8) is 0 Å². The number of amides is 1. The molecule has 2 atom stereocenters. The van der Waals surface area contributed by atoms with E-state index in [2.05, 4.69) is 5.32 Å². The molecule has 16 heavy (non-hydrogen) atoms. The van der Waals surface area contributed by atoms with Gasteiger partial charge in [-0.2, -0.15) is 0 Å². The second-order valence-electron chi connectivity index (χ2n) is 4.60. The highest BCUT2D eigenvalue weighted by Gasteiger charge is 2.19. The zero-order valence-electron chi connectivity index (χ0n) is 10.1. The average Bonchev–Trinajstić information content (AvgIpc) is 2.26. The molecule has 3 N–H and O–H groups in total. The number of hydrogen-bond acceptors (Lipinski definition) is 3. The van der Waals surface area contributed by atoms with Crippen LogP contribution >= 0.6 is 12.4 Å². The Balaban J connectivity index is 0.00000225. The van der Waals surface area contributed by atoms with Crippen molar-refractivity contribution in [3.05, 3.63) is 0 Å². The van der Waals surface area contributed by atoms with Crippen molar-refractivity contribution in [3.8, 4) is 0 Å². The summed E-state index contributed by atoms with van der Waals surface area (Å²) >= 11 is 0. The van der Waals surface area contributed by atoms with Crippen LogP contribution in [0.2, 0.25) is 0 Å². The molecule has 1 heterocycles. The molecule has 5 heteroatoms. The van der Waals surface area contributed by atoms with Crippen LogP contribution in [0.1, 0.15) is 26.7 Å². The van der Waals surface area contributed by atoms with Crippen LogP contribution < -0.4 is 11.1 Å². The van der Waals surface area contributed by atoms with Crippen molar-refractivity contribution in [2.75, 3.05) is 19.8 Å². The largest absolute Gasteiger partial charge is 0.381 e. The van der Waals surface area contributed by atoms with Crippen LogP contribution in [0.25, 0.3) is 0 Å². The second-order valence-corrected chi connectivity index (χ2v) is 4.60. The first-order chi connectivity index (χ1) is 7.11. The first-order valence-electron chi connectivity index (χ1n) is 5.72. The number of ether oxygens (including phenoxy) is 1. The van der Waals surface area contributed by atoms with Crippen LogP contribution in [0.4, 0.5) is 0 Å². The van der Waals surface area contributed by atoms with Crippen molar-refractivity contribution in [2.24, 2.45) is 17.6 Å². The molecule has 0 radical (unpaired) electrons. The Morgan fingerprint density at radius 1 is 1.56 bits per heavy atom. The molecule has 1 aliphatic rings. The lowest BCUT2D eigenvalue weighted by atomic mass is 10.0. The van der Waals surface area contributed by atoms with E-state index < -0.39 is 6.04 Å². The number of rotatable bonds is 4. The maximum atomic E-state index is 11.6. The predicted octanol–water partition coefficient (Wildman–Crippen LogP) is 0.934. The monoisotopic (exact) mass is 250 g/mol. The number of nitrogens with one attached hydrogen (secondary N) is 1. The topological polar surface area (TPSA) is 64.4 Å². The molecule has 0 aromatic heterocycles. The van der Waals surface area contributed by atoms with E-state index in [1.54, 1.807) is 0 Å². The summed E-state index contributed by atoms with van der Waals surface area (Å²) in [4.78, 5) is 11.6. The molecule has 1 rings (SSSR count). The fourth-order valence-corrected chi connectivity index (χ4v) is 1.63. The third-order valence-corrected chi connectivity index (χ3v) is 2.84. The van der Waals surface area contributed by atoms with Gasteiger partial charge >= 0.3 is 0 Å². The third-order valence-electron chi connectivity index (χ3n) is 2.84. The van der Waals surface area contributed by atoms with E-state index in [9.17, 15) is 4.79 Å². The molecule has 1 aliphatic heterocycles. The van der Waals surface area contributed by atoms with Crippen LogP contribution in [0.5, 0.6) is 0 Å². The minimum absolute atomic E-state index is 0. The molecular formula is C11H23ClN2O2. The molecule has 1 saturated heterocycles. The van der Waals surface area contributed by atoms with Gasteiger partial charge in [-0.3, -0.25) is 4.79 Å². The number of carbonyl (C=O) groups excluding carboxylic acids is 1. The summed E-state index contributed by atoms with van der Waals surface area (Å²) in [5.74, 6) is 0.602. The zero-order valence-corrected chi connectivity index (χ0v) is 10.9. The fourth-order valence-electron chi connectivity index (χ4n) is 1.63. The molecule has 4 nitrogen and oxygen atoms in total. The van der Waals surface area contributed by atoms with Gasteiger partial charge < -0.3 is 15.8 Å². The Bertz CT molecular complexity index is 206. The van der Waals surface area contributed by atoms with Gasteiger partial charge in [-0.25, -0.2) is 0 Å². The van der Waals surface area contributed by atoms with Crippen LogP contribution in [0, 0.1) is 11.8 Å². The summed E-state index contributed by atoms with van der Waals surface area (Å²) in [6.45, 7) is 6.22. The Morgan fingerprint density at radius 3 is 2.75 bits per heavy atom. The highest BCUT2D eigenvalue weighted by atomic mass is 35.5. The number of halogens is 1. The van der Waals surface area contributed by atoms with Crippen molar-refractivity contribution in [2.45, 2.75) is 32.7 Å². The van der Waals surface area contributed by atoms with Gasteiger partial charge in [0, 0.05) is 13.2 Å². The first kappa shape index (κ1) is 15.7. The van der Waals surface area contributed by atoms with Gasteiger partial charge in [-0.1, -0.05) is 13.8 Å². The Hall–Kier alpha value is -0.320. The van der Waals surface area contributed by atoms with E-state index in [0.717, 1.165) is 26.1 Å². The second kappa shape index (κ2) is 7.87. The summed E-state index contributed by atoms with van der Waals surface area (Å²) in [5.41, 5.74) is 5.73. The van der Waals surface area contributed by atoms with Crippen LogP contribution in [0.15, 0.2) is 0 Å². The van der Waals surface area contributed by atoms with Crippen LogP contribution in [0.3, 0.4) is 0 Å². The highest BCUT2D eigenvalue weighted by molar-refractivity contribution is 5.85. The lowest BCUT2D eigenvalue weighted by molar-refractivity contribution is -0.123. The predicted molar refractivity (Wildman–Crippen MR) is 66.6 cm³/mol. The number of nitrogens with two attached hydrogens (primary N) is 1. The summed E-state index contributed by atoms with van der Waals surface area (Å²) in [6, 6.07) is -0.394. The summed E-state index contributed by atoms with van der Waals surface area (Å²) in [5, 5.41) is 2.89. The van der Waals surface area contributed by atoms with E-state index in [-0.39, 0.29) is 24.2 Å². The Kier molecular flexibility index (Phi) is 7.72. The van der Waals surface area contributed by atoms with E-state index in [0.29, 0.717) is 12.5 Å². The Morgan fingerprint density at radius 2 is 2.25 bits per heavy atom. The standard InChI is InChI=1S/C11H22N2O2.ClH/c1-8(2)10(12)11(14)13-6-9-4-3-5-15-7-9;/h8-10H,3-7,12H2,1-2H3,(H,13,14);1H. The summed E-state index contributed by atoms with van der Waals surface area (Å²) in [7, 11) is 0. The Labute approximate surface area is 104 Å². The lowest BCUT2D eigenvalue weighted by Gasteiger charge is -2.23. The average molecular weight is 251 g/mol. The quantitative estimate of drug-likeness (QED) is 0.780. The van der Waals surface area contributed by atoms with Crippen molar-refractivity contribution < 1.29 is 9.53 Å². The van der Waals surface area contributed by atoms with Gasteiger partial charge in [0.05, 0.1) is 12.6 Å². The van der Waals surface area contributed by atoms with E-state index in [1.807, 2.05) is 13.8 Å². The van der Waals surface area contributed by atoms with Gasteiger partial charge in [0.1, 0.15) is 0 Å². The first-order valence-corrected chi connectivity index (χ1v) is 5.72. The molecule has 96 valence electrons. The molecule has 0 spiro atoms. The number of hydrogen-bond donors (Lipinski definition) is 2. The summed E-state index contributed by atoms with van der Waals surface area (Å²) < 4.78 is 5.34. The van der Waals surface area contributed by atoms with Gasteiger partial charge in [-0.05, 0) is 24.7 Å². The molecule has 0 aliphatic carbocycles.